The van der Waals surface area contributed by atoms with Crippen molar-refractivity contribution in [1.29, 1.82) is 0 Å². The molecule has 3 heteroatoms. The highest BCUT2D eigenvalue weighted by Gasteiger charge is 2.17. The van der Waals surface area contributed by atoms with Crippen LogP contribution < -0.4 is 0 Å². The molecule has 0 unspecified atom stereocenters. The summed E-state index contributed by atoms with van der Waals surface area (Å²) in [5.41, 5.74) is 14.7. The lowest BCUT2D eigenvalue weighted by Crippen LogP contribution is -1.96. The van der Waals surface area contributed by atoms with Crippen LogP contribution in [0.1, 0.15) is 0 Å². The highest BCUT2D eigenvalue weighted by molar-refractivity contribution is 7.26. The molecule has 0 saturated heterocycles. The minimum Gasteiger partial charge on any atom is -0.228 e. The van der Waals surface area contributed by atoms with Crippen LogP contribution in [-0.2, 0) is 0 Å². The van der Waals surface area contributed by atoms with Crippen molar-refractivity contribution in [2.24, 2.45) is 0 Å². The maximum atomic E-state index is 5.19. The van der Waals surface area contributed by atoms with E-state index in [9.17, 15) is 0 Å². The van der Waals surface area contributed by atoms with Crippen molar-refractivity contribution in [2.75, 3.05) is 0 Å². The molecule has 0 amide bonds. The quantitative estimate of drug-likeness (QED) is 0.164. The van der Waals surface area contributed by atoms with E-state index in [1.807, 2.05) is 23.5 Å². The smallest absolute Gasteiger partial charge is 0.161 e. The number of fused-ring (bicyclic) bond motifs is 3. The zero-order valence-electron chi connectivity index (χ0n) is 29.9. The van der Waals surface area contributed by atoms with E-state index in [1.165, 1.54) is 64.7 Å². The van der Waals surface area contributed by atoms with Gasteiger partial charge in [-0.15, -0.1) is 11.3 Å². The van der Waals surface area contributed by atoms with Gasteiger partial charge in [0.15, 0.2) is 5.82 Å². The molecule has 2 aromatic heterocycles. The number of thiophene rings is 1. The minimum atomic E-state index is 0.731. The lowest BCUT2D eigenvalue weighted by Gasteiger charge is -2.11. The molecule has 0 aliphatic heterocycles. The average molecular weight is 719 g/mol. The van der Waals surface area contributed by atoms with Crippen molar-refractivity contribution < 1.29 is 0 Å². The van der Waals surface area contributed by atoms with Gasteiger partial charge in [-0.25, -0.2) is 9.97 Å². The summed E-state index contributed by atoms with van der Waals surface area (Å²) in [7, 11) is 0. The first kappa shape index (κ1) is 32.7. The number of rotatable bonds is 7. The standard InChI is InChI=1S/C52H34N2S/c1-4-13-38(14-5-1)43-19-10-11-20-44(43)39-29-27-36(28-30-39)35-23-25-37(26-24-35)42-31-32-49-46(33-42)51-45(21-12-22-50(51)55-49)52-53-47(40-15-6-2-7-16-40)34-48(54-52)41-17-8-3-9-18-41/h1-34H. The maximum Gasteiger partial charge on any atom is 0.161 e. The molecular formula is C52H34N2S. The largest absolute Gasteiger partial charge is 0.228 e. The van der Waals surface area contributed by atoms with Gasteiger partial charge in [-0.1, -0.05) is 182 Å². The topological polar surface area (TPSA) is 25.8 Å². The van der Waals surface area contributed by atoms with Gasteiger partial charge in [0.25, 0.3) is 0 Å². The molecule has 258 valence electrons. The first-order chi connectivity index (χ1) is 27.2. The van der Waals surface area contributed by atoms with Gasteiger partial charge in [0, 0.05) is 36.9 Å². The second-order valence-corrected chi connectivity index (χ2v) is 14.8. The van der Waals surface area contributed by atoms with Gasteiger partial charge in [0.05, 0.1) is 11.4 Å². The van der Waals surface area contributed by atoms with E-state index in [4.69, 9.17) is 9.97 Å². The first-order valence-corrected chi connectivity index (χ1v) is 19.4. The number of nitrogens with zero attached hydrogens (tertiary/aromatic N) is 2. The third-order valence-electron chi connectivity index (χ3n) is 10.4. The van der Waals surface area contributed by atoms with Gasteiger partial charge in [0.1, 0.15) is 0 Å². The van der Waals surface area contributed by atoms with Crippen LogP contribution in [0.4, 0.5) is 0 Å². The zero-order valence-corrected chi connectivity index (χ0v) is 30.7. The van der Waals surface area contributed by atoms with E-state index in [0.717, 1.165) is 33.9 Å². The van der Waals surface area contributed by atoms with E-state index in [-0.39, 0.29) is 0 Å². The molecular weight excluding hydrogens is 685 g/mol. The molecule has 0 radical (unpaired) electrons. The molecule has 0 aliphatic rings. The van der Waals surface area contributed by atoms with Crippen LogP contribution in [0.3, 0.4) is 0 Å². The van der Waals surface area contributed by atoms with Crippen LogP contribution in [-0.4, -0.2) is 9.97 Å². The molecule has 2 nitrogen and oxygen atoms in total. The molecule has 0 spiro atoms. The Kier molecular flexibility index (Phi) is 8.40. The van der Waals surface area contributed by atoms with Gasteiger partial charge in [-0.3, -0.25) is 0 Å². The van der Waals surface area contributed by atoms with Gasteiger partial charge in [0.2, 0.25) is 0 Å². The Morgan fingerprint density at radius 2 is 0.727 bits per heavy atom. The minimum absolute atomic E-state index is 0.731. The van der Waals surface area contributed by atoms with Crippen molar-refractivity contribution in [2.45, 2.75) is 0 Å². The van der Waals surface area contributed by atoms with Crippen LogP contribution in [0.2, 0.25) is 0 Å². The Balaban J connectivity index is 1.00. The second kappa shape index (κ2) is 14.1. The van der Waals surface area contributed by atoms with E-state index in [2.05, 4.69) is 194 Å². The van der Waals surface area contributed by atoms with E-state index < -0.39 is 0 Å². The van der Waals surface area contributed by atoms with E-state index >= 15 is 0 Å². The van der Waals surface area contributed by atoms with Crippen LogP contribution in [0.5, 0.6) is 0 Å². The van der Waals surface area contributed by atoms with Crippen molar-refractivity contribution in [3.05, 3.63) is 206 Å². The normalized spacial score (nSPS) is 11.3. The molecule has 0 bridgehead atoms. The van der Waals surface area contributed by atoms with Gasteiger partial charge < -0.3 is 0 Å². The van der Waals surface area contributed by atoms with Gasteiger partial charge in [-0.05, 0) is 68.8 Å². The SMILES string of the molecule is c1ccc(-c2cc(-c3ccccc3)nc(-c3cccc4sc5ccc(-c6ccc(-c7ccc(-c8ccccc8-c8ccccc8)cc7)cc6)cc5c34)n2)cc1. The lowest BCUT2D eigenvalue weighted by atomic mass is 9.93. The molecule has 55 heavy (non-hydrogen) atoms. The summed E-state index contributed by atoms with van der Waals surface area (Å²) in [4.78, 5) is 10.4. The monoisotopic (exact) mass is 718 g/mol. The Morgan fingerprint density at radius 1 is 0.291 bits per heavy atom. The Morgan fingerprint density at radius 3 is 1.29 bits per heavy atom. The summed E-state index contributed by atoms with van der Waals surface area (Å²) in [6, 6.07) is 73.3. The van der Waals surface area contributed by atoms with Gasteiger partial charge >= 0.3 is 0 Å². The van der Waals surface area contributed by atoms with Crippen molar-refractivity contribution in [3.63, 3.8) is 0 Å². The molecule has 0 atom stereocenters. The van der Waals surface area contributed by atoms with Crippen LogP contribution in [0.25, 0.3) is 98.6 Å². The fourth-order valence-electron chi connectivity index (χ4n) is 7.58. The molecule has 0 saturated carbocycles. The highest BCUT2D eigenvalue weighted by Crippen LogP contribution is 2.42. The summed E-state index contributed by atoms with van der Waals surface area (Å²) in [6.45, 7) is 0. The third kappa shape index (κ3) is 6.31. The molecule has 10 aromatic rings. The Labute approximate surface area is 324 Å². The zero-order chi connectivity index (χ0) is 36.6. The fraction of sp³-hybridized carbons (Fsp3) is 0. The lowest BCUT2D eigenvalue weighted by molar-refractivity contribution is 1.19. The Bertz CT molecular complexity index is 2880. The van der Waals surface area contributed by atoms with Crippen molar-refractivity contribution in [1.82, 2.24) is 9.97 Å². The van der Waals surface area contributed by atoms with Crippen molar-refractivity contribution >= 4 is 31.5 Å². The fourth-order valence-corrected chi connectivity index (χ4v) is 8.69. The third-order valence-corrected chi connectivity index (χ3v) is 11.5. The van der Waals surface area contributed by atoms with Gasteiger partial charge in [-0.2, -0.15) is 0 Å². The molecule has 0 fully saturated rings. The number of benzene rings is 8. The molecule has 0 aliphatic carbocycles. The van der Waals surface area contributed by atoms with Crippen LogP contribution in [0.15, 0.2) is 206 Å². The Hall–Kier alpha value is -6.94. The average Bonchev–Trinajstić information content (AvgIpc) is 3.66. The molecule has 10 rings (SSSR count). The summed E-state index contributed by atoms with van der Waals surface area (Å²) in [6.07, 6.45) is 0. The summed E-state index contributed by atoms with van der Waals surface area (Å²) in [5.74, 6) is 0.731. The maximum absolute atomic E-state index is 5.19. The van der Waals surface area contributed by atoms with E-state index in [1.54, 1.807) is 0 Å². The summed E-state index contributed by atoms with van der Waals surface area (Å²) >= 11 is 1.82. The van der Waals surface area contributed by atoms with E-state index in [0.29, 0.717) is 0 Å². The number of aromatic nitrogens is 2. The molecule has 8 aromatic carbocycles. The van der Waals surface area contributed by atoms with Crippen LogP contribution >= 0.6 is 11.3 Å². The molecule has 2 heterocycles. The summed E-state index contributed by atoms with van der Waals surface area (Å²) < 4.78 is 2.48. The van der Waals surface area contributed by atoms with Crippen LogP contribution in [0, 0.1) is 0 Å². The number of hydrogen-bond acceptors (Lipinski definition) is 3. The first-order valence-electron chi connectivity index (χ1n) is 18.6. The second-order valence-electron chi connectivity index (χ2n) is 13.8. The summed E-state index contributed by atoms with van der Waals surface area (Å²) in [5, 5.41) is 2.41. The predicted octanol–water partition coefficient (Wildman–Crippen LogP) is 14.5. The highest BCUT2D eigenvalue weighted by atomic mass is 32.1. The van der Waals surface area contributed by atoms with Crippen molar-refractivity contribution in [3.8, 4) is 78.4 Å². The number of hydrogen-bond donors (Lipinski definition) is 0. The predicted molar refractivity (Wildman–Crippen MR) is 233 cm³/mol. The molecule has 0 N–H and O–H groups in total.